The number of amides is 1. The molecule has 222 valence electrons. The van der Waals surface area contributed by atoms with Crippen LogP contribution in [0.2, 0.25) is 0 Å². The third-order valence-corrected chi connectivity index (χ3v) is 9.30. The number of aliphatic hydroxyl groups is 1. The zero-order valence-electron chi connectivity index (χ0n) is 25.3. The second-order valence-electron chi connectivity index (χ2n) is 12.1. The Morgan fingerprint density at radius 3 is 2.12 bits per heavy atom. The van der Waals surface area contributed by atoms with Crippen molar-refractivity contribution < 1.29 is 14.7 Å². The maximum Gasteiger partial charge on any atom is 0.257 e. The van der Waals surface area contributed by atoms with Crippen molar-refractivity contribution >= 4 is 17.4 Å². The monoisotopic (exact) mass is 569 g/mol. The summed E-state index contributed by atoms with van der Waals surface area (Å²) in [5.41, 5.74) is 5.07. The summed E-state index contributed by atoms with van der Waals surface area (Å²) in [5, 5.41) is 9.73. The molecule has 0 bridgehead atoms. The molecule has 3 heterocycles. The number of carbonyl (C=O) groups is 2. The number of likely N-dealkylation sites (tertiary alicyclic amines) is 2. The second kappa shape index (κ2) is 12.7. The number of ketones is 1. The van der Waals surface area contributed by atoms with Gasteiger partial charge < -0.3 is 14.9 Å². The van der Waals surface area contributed by atoms with Gasteiger partial charge in [0.15, 0.2) is 5.78 Å². The van der Waals surface area contributed by atoms with Gasteiger partial charge in [-0.3, -0.25) is 14.5 Å². The molecule has 1 unspecified atom stereocenters. The minimum atomic E-state index is -1.01. The highest BCUT2D eigenvalue weighted by Gasteiger charge is 2.39. The molecular weight excluding hydrogens is 526 g/mol. The number of piperidine rings is 2. The number of benzene rings is 2. The maximum absolute atomic E-state index is 13.3. The zero-order chi connectivity index (χ0) is 29.9. The zero-order valence-corrected chi connectivity index (χ0v) is 25.3. The predicted octanol–water partition coefficient (Wildman–Crippen LogP) is 4.82. The molecule has 8 heteroatoms. The summed E-state index contributed by atoms with van der Waals surface area (Å²) in [6, 6.07) is 18.6. The Morgan fingerprint density at radius 1 is 0.952 bits per heavy atom. The van der Waals surface area contributed by atoms with Crippen LogP contribution in [-0.4, -0.2) is 80.4 Å². The number of aromatic nitrogens is 2. The molecule has 42 heavy (non-hydrogen) atoms. The van der Waals surface area contributed by atoms with Crippen molar-refractivity contribution in [1.82, 2.24) is 19.8 Å². The third kappa shape index (κ3) is 6.40. The van der Waals surface area contributed by atoms with Crippen LogP contribution in [0.15, 0.2) is 60.9 Å². The van der Waals surface area contributed by atoms with Gasteiger partial charge in [-0.1, -0.05) is 30.3 Å². The Labute approximate surface area is 249 Å². The van der Waals surface area contributed by atoms with Crippen molar-refractivity contribution in [3.8, 4) is 0 Å². The summed E-state index contributed by atoms with van der Waals surface area (Å²) < 4.78 is 0. The Bertz CT molecular complexity index is 1360. The number of Topliss-reactive ketones (excluding diaryl/α,β-unsaturated/α-hetero) is 1. The lowest BCUT2D eigenvalue weighted by molar-refractivity contribution is 0.0170. The van der Waals surface area contributed by atoms with Gasteiger partial charge in [0.2, 0.25) is 0 Å². The lowest BCUT2D eigenvalue weighted by atomic mass is 9.85. The fourth-order valence-electron chi connectivity index (χ4n) is 6.56. The molecule has 1 atom stereocenters. The molecule has 8 nitrogen and oxygen atoms in total. The standard InChI is InChI=1S/C34H43N5O3/c1-24-31(25(2)36-23-35-24)33(42)37-20-16-34(4,17-21-37)38-18-14-30(15-19-38)39(22-27-8-6-5-7-9-27)29-12-10-28(11-13-29)32(41)26(3)40/h5-13,23,26,30,40H,14-22H2,1-4H3. The number of carbonyl (C=O) groups excluding carboxylic acids is 2. The van der Waals surface area contributed by atoms with Crippen LogP contribution in [0.4, 0.5) is 5.69 Å². The van der Waals surface area contributed by atoms with Gasteiger partial charge in [-0.15, -0.1) is 0 Å². The van der Waals surface area contributed by atoms with Crippen molar-refractivity contribution in [3.05, 3.63) is 89.0 Å². The number of nitrogens with zero attached hydrogens (tertiary/aromatic N) is 5. The lowest BCUT2D eigenvalue weighted by Gasteiger charge is -2.50. The number of rotatable bonds is 8. The summed E-state index contributed by atoms with van der Waals surface area (Å²) >= 11 is 0. The summed E-state index contributed by atoms with van der Waals surface area (Å²) in [7, 11) is 0. The van der Waals surface area contributed by atoms with Gasteiger partial charge in [-0.25, -0.2) is 9.97 Å². The average Bonchev–Trinajstić information content (AvgIpc) is 3.00. The number of aryl methyl sites for hydroxylation is 2. The SMILES string of the molecule is Cc1ncnc(C)c1C(=O)N1CCC(C)(N2CCC(N(Cc3ccccc3)c3ccc(C(=O)C(C)O)cc3)CC2)CC1. The van der Waals surface area contributed by atoms with Crippen molar-refractivity contribution in [2.75, 3.05) is 31.1 Å². The van der Waals surface area contributed by atoms with E-state index in [0.29, 0.717) is 17.2 Å². The van der Waals surface area contributed by atoms with E-state index in [2.05, 4.69) is 51.0 Å². The summed E-state index contributed by atoms with van der Waals surface area (Å²) in [4.78, 5) is 41.2. The van der Waals surface area contributed by atoms with E-state index in [0.717, 1.165) is 75.5 Å². The molecule has 0 radical (unpaired) electrons. The van der Waals surface area contributed by atoms with E-state index < -0.39 is 6.10 Å². The summed E-state index contributed by atoms with van der Waals surface area (Å²) in [5.74, 6) is -0.211. The highest BCUT2D eigenvalue weighted by molar-refractivity contribution is 5.99. The first-order chi connectivity index (χ1) is 20.2. The van der Waals surface area contributed by atoms with Gasteiger partial charge in [-0.2, -0.15) is 0 Å². The first kappa shape index (κ1) is 29.9. The molecule has 1 aromatic heterocycles. The highest BCUT2D eigenvalue weighted by Crippen LogP contribution is 2.34. The molecule has 1 N–H and O–H groups in total. The Kier molecular flexibility index (Phi) is 9.04. The van der Waals surface area contributed by atoms with E-state index in [1.807, 2.05) is 49.1 Å². The summed E-state index contributed by atoms with van der Waals surface area (Å²) in [6.45, 7) is 11.9. The fraction of sp³-hybridized carbons (Fsp3) is 0.471. The van der Waals surface area contributed by atoms with Crippen LogP contribution in [0.5, 0.6) is 0 Å². The van der Waals surface area contributed by atoms with Crippen LogP contribution in [0.25, 0.3) is 0 Å². The van der Waals surface area contributed by atoms with E-state index in [1.54, 1.807) is 0 Å². The molecule has 5 rings (SSSR count). The highest BCUT2D eigenvalue weighted by atomic mass is 16.3. The fourth-order valence-corrected chi connectivity index (χ4v) is 6.56. The minimum Gasteiger partial charge on any atom is -0.385 e. The van der Waals surface area contributed by atoms with Gasteiger partial charge in [-0.05, 0) is 83.2 Å². The quantitative estimate of drug-likeness (QED) is 0.389. The summed E-state index contributed by atoms with van der Waals surface area (Å²) in [6.07, 6.45) is 4.49. The number of hydrogen-bond acceptors (Lipinski definition) is 7. The van der Waals surface area contributed by atoms with Crippen LogP contribution in [0.3, 0.4) is 0 Å². The van der Waals surface area contributed by atoms with E-state index in [9.17, 15) is 14.7 Å². The molecule has 2 aliphatic heterocycles. The topological polar surface area (TPSA) is 89.9 Å². The van der Waals surface area contributed by atoms with Gasteiger partial charge in [0.1, 0.15) is 12.4 Å². The maximum atomic E-state index is 13.3. The van der Waals surface area contributed by atoms with Gasteiger partial charge in [0.05, 0.1) is 17.0 Å². The molecule has 0 saturated carbocycles. The Morgan fingerprint density at radius 2 is 1.55 bits per heavy atom. The second-order valence-corrected chi connectivity index (χ2v) is 12.1. The first-order valence-corrected chi connectivity index (χ1v) is 15.1. The molecule has 0 spiro atoms. The minimum absolute atomic E-state index is 0.0454. The first-order valence-electron chi connectivity index (χ1n) is 15.1. The van der Waals surface area contributed by atoms with Crippen LogP contribution >= 0.6 is 0 Å². The lowest BCUT2D eigenvalue weighted by Crippen LogP contribution is -2.58. The van der Waals surface area contributed by atoms with Crippen molar-refractivity contribution in [3.63, 3.8) is 0 Å². The van der Waals surface area contributed by atoms with Crippen molar-refractivity contribution in [1.29, 1.82) is 0 Å². The molecule has 2 fully saturated rings. The predicted molar refractivity (Wildman–Crippen MR) is 165 cm³/mol. The van der Waals surface area contributed by atoms with E-state index in [1.165, 1.54) is 18.8 Å². The van der Waals surface area contributed by atoms with Crippen molar-refractivity contribution in [2.24, 2.45) is 0 Å². The normalized spacial score (nSPS) is 18.5. The third-order valence-electron chi connectivity index (χ3n) is 9.30. The molecule has 3 aromatic rings. The molecule has 2 aliphatic rings. The Balaban J connectivity index is 1.24. The Hall–Kier alpha value is -3.62. The van der Waals surface area contributed by atoms with Gasteiger partial charge >= 0.3 is 0 Å². The smallest absolute Gasteiger partial charge is 0.257 e. The van der Waals surface area contributed by atoms with Crippen LogP contribution in [0, 0.1) is 13.8 Å². The average molecular weight is 570 g/mol. The van der Waals surface area contributed by atoms with E-state index in [4.69, 9.17) is 0 Å². The number of anilines is 1. The van der Waals surface area contributed by atoms with Crippen LogP contribution < -0.4 is 4.90 Å². The molecular formula is C34H43N5O3. The van der Waals surface area contributed by atoms with Crippen LogP contribution in [-0.2, 0) is 6.54 Å². The largest absolute Gasteiger partial charge is 0.385 e. The van der Waals surface area contributed by atoms with Gasteiger partial charge in [0.25, 0.3) is 5.91 Å². The number of aliphatic hydroxyl groups excluding tert-OH is 1. The number of hydrogen-bond donors (Lipinski definition) is 1. The molecule has 0 aliphatic carbocycles. The van der Waals surface area contributed by atoms with E-state index in [-0.39, 0.29) is 17.2 Å². The molecule has 2 saturated heterocycles. The molecule has 2 aromatic carbocycles. The van der Waals surface area contributed by atoms with Crippen molar-refractivity contribution in [2.45, 2.75) is 77.6 Å². The van der Waals surface area contributed by atoms with Crippen LogP contribution in [0.1, 0.15) is 77.2 Å². The molecule has 1 amide bonds. The van der Waals surface area contributed by atoms with E-state index >= 15 is 0 Å². The van der Waals surface area contributed by atoms with Gasteiger partial charge in [0, 0.05) is 55.6 Å².